The van der Waals surface area contributed by atoms with E-state index >= 15 is 0 Å². The van der Waals surface area contributed by atoms with E-state index in [1.165, 1.54) is 11.8 Å². The van der Waals surface area contributed by atoms with E-state index in [4.69, 9.17) is 10.5 Å². The summed E-state index contributed by atoms with van der Waals surface area (Å²) in [5.74, 6) is 0.864. The number of rotatable bonds is 6. The monoisotopic (exact) mass is 280 g/mol. The Labute approximate surface area is 118 Å². The Hall–Kier alpha value is -1.36. The van der Waals surface area contributed by atoms with Gasteiger partial charge in [0.2, 0.25) is 5.91 Å². The maximum Gasteiger partial charge on any atom is 0.233 e. The molecule has 1 fully saturated rings. The second-order valence-electron chi connectivity index (χ2n) is 4.68. The van der Waals surface area contributed by atoms with Gasteiger partial charge in [-0.05, 0) is 44.9 Å². The molecule has 1 amide bonds. The summed E-state index contributed by atoms with van der Waals surface area (Å²) in [6, 6.07) is 5.95. The van der Waals surface area contributed by atoms with Gasteiger partial charge in [-0.25, -0.2) is 0 Å². The molecule has 1 aromatic rings. The first-order valence-electron chi connectivity index (χ1n) is 6.59. The standard InChI is InChI=1S/C14H20N2O2S/c1-3-18-11-6-7-12(15)13(8-11)19-9(2)14(17)16-10-4-5-10/h6-10H,3-5,15H2,1-2H3,(H,16,17). The lowest BCUT2D eigenvalue weighted by Gasteiger charge is -2.14. The highest BCUT2D eigenvalue weighted by Gasteiger charge is 2.26. The summed E-state index contributed by atoms with van der Waals surface area (Å²) in [4.78, 5) is 12.8. The van der Waals surface area contributed by atoms with Crippen molar-refractivity contribution in [3.8, 4) is 5.75 Å². The van der Waals surface area contributed by atoms with Crippen LogP contribution in [0.2, 0.25) is 0 Å². The molecule has 0 saturated heterocycles. The number of ether oxygens (including phenoxy) is 1. The van der Waals surface area contributed by atoms with Crippen LogP contribution in [0, 0.1) is 0 Å². The van der Waals surface area contributed by atoms with Gasteiger partial charge in [0, 0.05) is 16.6 Å². The van der Waals surface area contributed by atoms with Gasteiger partial charge < -0.3 is 15.8 Å². The van der Waals surface area contributed by atoms with Crippen molar-refractivity contribution in [3.05, 3.63) is 18.2 Å². The van der Waals surface area contributed by atoms with Crippen molar-refractivity contribution >= 4 is 23.4 Å². The fourth-order valence-electron chi connectivity index (χ4n) is 1.66. The fraction of sp³-hybridized carbons (Fsp3) is 0.500. The van der Waals surface area contributed by atoms with Gasteiger partial charge in [-0.2, -0.15) is 0 Å². The number of thioether (sulfide) groups is 1. The number of hydrogen-bond acceptors (Lipinski definition) is 4. The number of carbonyl (C=O) groups is 1. The minimum atomic E-state index is -0.153. The number of nitrogen functional groups attached to an aromatic ring is 1. The Balaban J connectivity index is 1.99. The van der Waals surface area contributed by atoms with Crippen LogP contribution in [0.4, 0.5) is 5.69 Å². The first-order valence-corrected chi connectivity index (χ1v) is 7.47. The quantitative estimate of drug-likeness (QED) is 0.620. The molecule has 0 aliphatic heterocycles. The molecule has 1 aliphatic rings. The molecule has 1 atom stereocenters. The van der Waals surface area contributed by atoms with Gasteiger partial charge in [-0.15, -0.1) is 11.8 Å². The Morgan fingerprint density at radius 1 is 1.58 bits per heavy atom. The Bertz CT molecular complexity index is 461. The number of nitrogens with one attached hydrogen (secondary N) is 1. The molecule has 3 N–H and O–H groups in total. The number of benzene rings is 1. The summed E-state index contributed by atoms with van der Waals surface area (Å²) in [5, 5.41) is 2.85. The predicted octanol–water partition coefficient (Wildman–Crippen LogP) is 2.43. The summed E-state index contributed by atoms with van der Waals surface area (Å²) < 4.78 is 5.45. The summed E-state index contributed by atoms with van der Waals surface area (Å²) in [6.07, 6.45) is 2.20. The van der Waals surface area contributed by atoms with E-state index in [2.05, 4.69) is 5.32 Å². The summed E-state index contributed by atoms with van der Waals surface area (Å²) >= 11 is 1.47. The second-order valence-corrected chi connectivity index (χ2v) is 6.06. The van der Waals surface area contributed by atoms with Crippen LogP contribution in [-0.2, 0) is 4.79 Å². The lowest BCUT2D eigenvalue weighted by atomic mass is 10.3. The van der Waals surface area contributed by atoms with Crippen molar-refractivity contribution in [2.75, 3.05) is 12.3 Å². The highest BCUT2D eigenvalue weighted by Crippen LogP contribution is 2.32. The lowest BCUT2D eigenvalue weighted by molar-refractivity contribution is -0.120. The van der Waals surface area contributed by atoms with Crippen molar-refractivity contribution in [1.29, 1.82) is 0 Å². The largest absolute Gasteiger partial charge is 0.494 e. The van der Waals surface area contributed by atoms with Crippen LogP contribution in [0.5, 0.6) is 5.75 Å². The molecule has 4 nitrogen and oxygen atoms in total. The van der Waals surface area contributed by atoms with Gasteiger partial charge in [-0.1, -0.05) is 0 Å². The van der Waals surface area contributed by atoms with Crippen molar-refractivity contribution in [3.63, 3.8) is 0 Å². The number of carbonyl (C=O) groups excluding carboxylic acids is 1. The van der Waals surface area contributed by atoms with Crippen LogP contribution >= 0.6 is 11.8 Å². The number of anilines is 1. The maximum atomic E-state index is 11.9. The molecule has 5 heteroatoms. The van der Waals surface area contributed by atoms with Crippen molar-refractivity contribution in [2.24, 2.45) is 0 Å². The van der Waals surface area contributed by atoms with E-state index in [1.54, 1.807) is 0 Å². The highest BCUT2D eigenvalue weighted by molar-refractivity contribution is 8.00. The zero-order chi connectivity index (χ0) is 13.8. The van der Waals surface area contributed by atoms with Gasteiger partial charge in [0.05, 0.1) is 11.9 Å². The van der Waals surface area contributed by atoms with Crippen molar-refractivity contribution in [2.45, 2.75) is 42.9 Å². The van der Waals surface area contributed by atoms with Gasteiger partial charge in [0.1, 0.15) is 5.75 Å². The number of nitrogens with two attached hydrogens (primary N) is 1. The second kappa shape index (κ2) is 6.19. The summed E-state index contributed by atoms with van der Waals surface area (Å²) in [5.41, 5.74) is 6.62. The SMILES string of the molecule is CCOc1ccc(N)c(SC(C)C(=O)NC2CC2)c1. The van der Waals surface area contributed by atoms with E-state index in [0.29, 0.717) is 18.3 Å². The minimum absolute atomic E-state index is 0.0775. The number of amides is 1. The lowest BCUT2D eigenvalue weighted by Crippen LogP contribution is -2.32. The molecular weight excluding hydrogens is 260 g/mol. The third kappa shape index (κ3) is 4.06. The Kier molecular flexibility index (Phi) is 4.58. The van der Waals surface area contributed by atoms with Crippen LogP contribution in [-0.4, -0.2) is 23.8 Å². The van der Waals surface area contributed by atoms with E-state index in [1.807, 2.05) is 32.0 Å². The molecule has 1 aliphatic carbocycles. The zero-order valence-electron chi connectivity index (χ0n) is 11.3. The molecule has 104 valence electrons. The minimum Gasteiger partial charge on any atom is -0.494 e. The van der Waals surface area contributed by atoms with Crippen molar-refractivity contribution in [1.82, 2.24) is 5.32 Å². The third-order valence-corrected chi connectivity index (χ3v) is 4.07. The van der Waals surface area contributed by atoms with Crippen LogP contribution in [0.15, 0.2) is 23.1 Å². The zero-order valence-corrected chi connectivity index (χ0v) is 12.1. The van der Waals surface area contributed by atoms with Gasteiger partial charge >= 0.3 is 0 Å². The molecule has 0 heterocycles. The molecule has 0 aromatic heterocycles. The smallest absolute Gasteiger partial charge is 0.233 e. The Morgan fingerprint density at radius 3 is 2.95 bits per heavy atom. The molecule has 1 aromatic carbocycles. The maximum absolute atomic E-state index is 11.9. The highest BCUT2D eigenvalue weighted by atomic mass is 32.2. The average molecular weight is 280 g/mol. The molecule has 0 radical (unpaired) electrons. The fourth-order valence-corrected chi connectivity index (χ4v) is 2.61. The average Bonchev–Trinajstić information content (AvgIpc) is 3.17. The first kappa shape index (κ1) is 14.1. The molecule has 0 bridgehead atoms. The van der Waals surface area contributed by atoms with Crippen molar-refractivity contribution < 1.29 is 9.53 Å². The normalized spacial score (nSPS) is 15.9. The van der Waals surface area contributed by atoms with Crippen LogP contribution < -0.4 is 15.8 Å². The topological polar surface area (TPSA) is 64.3 Å². The van der Waals surface area contributed by atoms with Crippen LogP contribution in [0.3, 0.4) is 0 Å². The molecule has 1 unspecified atom stereocenters. The molecule has 2 rings (SSSR count). The summed E-state index contributed by atoms with van der Waals surface area (Å²) in [7, 11) is 0. The molecular formula is C14H20N2O2S. The molecule has 1 saturated carbocycles. The van der Waals surface area contributed by atoms with Gasteiger partial charge in [0.15, 0.2) is 0 Å². The molecule has 0 spiro atoms. The summed E-state index contributed by atoms with van der Waals surface area (Å²) in [6.45, 7) is 4.45. The Morgan fingerprint density at radius 2 is 2.32 bits per heavy atom. The number of hydrogen-bond donors (Lipinski definition) is 2. The van der Waals surface area contributed by atoms with E-state index in [9.17, 15) is 4.79 Å². The van der Waals surface area contributed by atoms with Crippen LogP contribution in [0.25, 0.3) is 0 Å². The van der Waals surface area contributed by atoms with E-state index in [-0.39, 0.29) is 11.2 Å². The van der Waals surface area contributed by atoms with Gasteiger partial charge in [-0.3, -0.25) is 4.79 Å². The first-order chi connectivity index (χ1) is 9.10. The van der Waals surface area contributed by atoms with Crippen LogP contribution in [0.1, 0.15) is 26.7 Å². The molecule has 19 heavy (non-hydrogen) atoms. The third-order valence-electron chi connectivity index (χ3n) is 2.89. The van der Waals surface area contributed by atoms with Gasteiger partial charge in [0.25, 0.3) is 0 Å². The van der Waals surface area contributed by atoms with E-state index < -0.39 is 0 Å². The van der Waals surface area contributed by atoms with E-state index in [0.717, 1.165) is 23.5 Å². The predicted molar refractivity (Wildman–Crippen MR) is 78.5 cm³/mol.